The summed E-state index contributed by atoms with van der Waals surface area (Å²) in [5.74, 6) is 0. The first-order valence-corrected chi connectivity index (χ1v) is 3.48. The summed E-state index contributed by atoms with van der Waals surface area (Å²) >= 11 is 0. The molecule has 2 saturated heterocycles. The number of nitrogens with two attached hydrogens (primary N) is 1. The summed E-state index contributed by atoms with van der Waals surface area (Å²) in [7, 11) is 0. The second-order valence-corrected chi connectivity index (χ2v) is 2.84. The molecule has 2 aliphatic rings. The van der Waals surface area contributed by atoms with E-state index in [9.17, 15) is 5.11 Å². The molecule has 0 aromatic carbocycles. The quantitative estimate of drug-likeness (QED) is 0.450. The maximum atomic E-state index is 9.27. The van der Waals surface area contributed by atoms with Crippen LogP contribution in [0.2, 0.25) is 0 Å². The van der Waals surface area contributed by atoms with E-state index in [1.54, 1.807) is 0 Å². The summed E-state index contributed by atoms with van der Waals surface area (Å²) in [4.78, 5) is 0. The van der Waals surface area contributed by atoms with Gasteiger partial charge in [0.15, 0.2) is 6.29 Å². The summed E-state index contributed by atoms with van der Waals surface area (Å²) < 4.78 is 10.4. The lowest BCUT2D eigenvalue weighted by Gasteiger charge is -2.28. The van der Waals surface area contributed by atoms with Crippen LogP contribution in [0.4, 0.5) is 0 Å². The Kier molecular flexibility index (Phi) is 1.42. The average Bonchev–Trinajstić information content (AvgIpc) is 2.29. The van der Waals surface area contributed by atoms with Crippen molar-refractivity contribution in [2.24, 2.45) is 5.73 Å². The van der Waals surface area contributed by atoms with Crippen molar-refractivity contribution >= 4 is 0 Å². The third-order valence-corrected chi connectivity index (χ3v) is 2.04. The van der Waals surface area contributed by atoms with Crippen LogP contribution < -0.4 is 5.73 Å². The lowest BCUT2D eigenvalue weighted by Crippen LogP contribution is -2.49. The van der Waals surface area contributed by atoms with Gasteiger partial charge in [-0.3, -0.25) is 0 Å². The maximum absolute atomic E-state index is 9.27. The molecule has 4 nitrogen and oxygen atoms in total. The van der Waals surface area contributed by atoms with Gasteiger partial charge < -0.3 is 20.3 Å². The first-order valence-electron chi connectivity index (χ1n) is 3.48. The Labute approximate surface area is 58.9 Å². The number of ether oxygens (including phenoxy) is 2. The van der Waals surface area contributed by atoms with Crippen LogP contribution in [0.3, 0.4) is 0 Å². The standard InChI is InChI=1S/C6H11NO3/c7-5-4(8)1-3-2-9-6(5)10-3/h3-6,8H,1-2,7H2/t3-,4-,5+,6+/m0/s1. The van der Waals surface area contributed by atoms with Gasteiger partial charge in [-0.05, 0) is 0 Å². The Bertz CT molecular complexity index is 141. The summed E-state index contributed by atoms with van der Waals surface area (Å²) in [6.07, 6.45) is -0.141. The third-order valence-electron chi connectivity index (χ3n) is 2.04. The van der Waals surface area contributed by atoms with Gasteiger partial charge in [-0.1, -0.05) is 0 Å². The molecule has 0 amide bonds. The van der Waals surface area contributed by atoms with Crippen LogP contribution in [0.15, 0.2) is 0 Å². The predicted octanol–water partition coefficient (Wildman–Crippen LogP) is -1.18. The van der Waals surface area contributed by atoms with Crippen molar-refractivity contribution in [3.05, 3.63) is 0 Å². The molecule has 0 aliphatic carbocycles. The Balaban J connectivity index is 2.09. The van der Waals surface area contributed by atoms with E-state index in [1.165, 1.54) is 0 Å². The van der Waals surface area contributed by atoms with Crippen molar-refractivity contribution in [2.75, 3.05) is 6.61 Å². The fraction of sp³-hybridized carbons (Fsp3) is 1.00. The highest BCUT2D eigenvalue weighted by Crippen LogP contribution is 2.25. The van der Waals surface area contributed by atoms with Gasteiger partial charge in [-0.15, -0.1) is 0 Å². The van der Waals surface area contributed by atoms with E-state index in [2.05, 4.69) is 0 Å². The van der Waals surface area contributed by atoms with E-state index < -0.39 is 6.10 Å². The van der Waals surface area contributed by atoms with Gasteiger partial charge in [0.25, 0.3) is 0 Å². The van der Waals surface area contributed by atoms with Crippen molar-refractivity contribution in [1.82, 2.24) is 0 Å². The minimum Gasteiger partial charge on any atom is -0.391 e. The Morgan fingerprint density at radius 1 is 1.50 bits per heavy atom. The topological polar surface area (TPSA) is 64.7 Å². The van der Waals surface area contributed by atoms with Crippen molar-refractivity contribution in [3.8, 4) is 0 Å². The van der Waals surface area contributed by atoms with Crippen molar-refractivity contribution in [3.63, 3.8) is 0 Å². The van der Waals surface area contributed by atoms with Crippen molar-refractivity contribution in [1.29, 1.82) is 0 Å². The molecule has 0 radical (unpaired) electrons. The lowest BCUT2D eigenvalue weighted by molar-refractivity contribution is -0.130. The largest absolute Gasteiger partial charge is 0.391 e. The molecule has 0 spiro atoms. The van der Waals surface area contributed by atoms with E-state index in [0.717, 1.165) is 0 Å². The number of hydrogen-bond acceptors (Lipinski definition) is 4. The van der Waals surface area contributed by atoms with Gasteiger partial charge in [-0.25, -0.2) is 0 Å². The van der Waals surface area contributed by atoms with Crippen LogP contribution in [0.25, 0.3) is 0 Å². The lowest BCUT2D eigenvalue weighted by atomic mass is 10.0. The molecule has 4 atom stereocenters. The van der Waals surface area contributed by atoms with E-state index in [-0.39, 0.29) is 18.4 Å². The number of aliphatic hydroxyl groups is 1. The van der Waals surface area contributed by atoms with Gasteiger partial charge in [-0.2, -0.15) is 0 Å². The molecule has 2 heterocycles. The Morgan fingerprint density at radius 2 is 2.30 bits per heavy atom. The highest BCUT2D eigenvalue weighted by atomic mass is 16.7. The van der Waals surface area contributed by atoms with E-state index in [1.807, 2.05) is 0 Å². The molecule has 2 rings (SSSR count). The molecule has 2 aliphatic heterocycles. The van der Waals surface area contributed by atoms with Crippen molar-refractivity contribution in [2.45, 2.75) is 31.0 Å². The number of hydrogen-bond donors (Lipinski definition) is 2. The Morgan fingerprint density at radius 3 is 3.10 bits per heavy atom. The summed E-state index contributed by atoms with van der Waals surface area (Å²) in [6, 6.07) is -0.362. The molecule has 10 heavy (non-hydrogen) atoms. The predicted molar refractivity (Wildman–Crippen MR) is 33.2 cm³/mol. The molecule has 0 aromatic heterocycles. The molecular formula is C6H11NO3. The first kappa shape index (κ1) is 6.54. The molecule has 4 heteroatoms. The summed E-state index contributed by atoms with van der Waals surface area (Å²) in [5, 5.41) is 9.27. The van der Waals surface area contributed by atoms with Crippen LogP contribution in [-0.2, 0) is 9.47 Å². The zero-order valence-electron chi connectivity index (χ0n) is 5.56. The minimum absolute atomic E-state index is 0.0693. The maximum Gasteiger partial charge on any atom is 0.175 e. The minimum atomic E-state index is -0.453. The fourth-order valence-corrected chi connectivity index (χ4v) is 1.40. The molecule has 3 N–H and O–H groups in total. The number of fused-ring (bicyclic) bond motifs is 2. The highest BCUT2D eigenvalue weighted by molar-refractivity contribution is 4.87. The SMILES string of the molecule is N[C@H]1[C@@H]2OC[C@H](C[C@@H]1O)O2. The van der Waals surface area contributed by atoms with E-state index in [0.29, 0.717) is 13.0 Å². The molecular weight excluding hydrogens is 134 g/mol. The van der Waals surface area contributed by atoms with Gasteiger partial charge in [0.05, 0.1) is 24.9 Å². The molecule has 58 valence electrons. The van der Waals surface area contributed by atoms with Gasteiger partial charge in [0.1, 0.15) is 0 Å². The van der Waals surface area contributed by atoms with Crippen molar-refractivity contribution < 1.29 is 14.6 Å². The summed E-state index contributed by atoms with van der Waals surface area (Å²) in [5.41, 5.74) is 5.56. The normalized spacial score (nSPS) is 53.4. The Hall–Kier alpha value is -0.160. The highest BCUT2D eigenvalue weighted by Gasteiger charge is 2.41. The molecule has 0 aromatic rings. The number of rotatable bonds is 0. The van der Waals surface area contributed by atoms with E-state index in [4.69, 9.17) is 15.2 Å². The van der Waals surface area contributed by atoms with Gasteiger partial charge >= 0.3 is 0 Å². The van der Waals surface area contributed by atoms with Crippen LogP contribution in [0.5, 0.6) is 0 Å². The van der Waals surface area contributed by atoms with Gasteiger partial charge in [0, 0.05) is 6.42 Å². The van der Waals surface area contributed by atoms with Crippen LogP contribution >= 0.6 is 0 Å². The average molecular weight is 145 g/mol. The fourth-order valence-electron chi connectivity index (χ4n) is 1.40. The van der Waals surface area contributed by atoms with Gasteiger partial charge in [0.2, 0.25) is 0 Å². The zero-order chi connectivity index (χ0) is 7.14. The van der Waals surface area contributed by atoms with Crippen LogP contribution in [0.1, 0.15) is 6.42 Å². The third kappa shape index (κ3) is 0.845. The van der Waals surface area contributed by atoms with Crippen LogP contribution in [0, 0.1) is 0 Å². The molecule has 0 unspecified atom stereocenters. The van der Waals surface area contributed by atoms with Crippen LogP contribution in [-0.4, -0.2) is 36.3 Å². The summed E-state index contributed by atoms with van der Waals surface area (Å²) in [6.45, 7) is 0.579. The first-order chi connectivity index (χ1) is 4.77. The second-order valence-electron chi connectivity index (χ2n) is 2.84. The second kappa shape index (κ2) is 2.17. The van der Waals surface area contributed by atoms with E-state index >= 15 is 0 Å². The zero-order valence-corrected chi connectivity index (χ0v) is 5.56. The molecule has 2 bridgehead atoms. The molecule has 2 fully saturated rings. The number of aliphatic hydroxyl groups excluding tert-OH is 1. The smallest absolute Gasteiger partial charge is 0.175 e. The monoisotopic (exact) mass is 145 g/mol. The molecule has 0 saturated carbocycles.